The lowest BCUT2D eigenvalue weighted by Gasteiger charge is -2.08. The van der Waals surface area contributed by atoms with Crippen LogP contribution in [-0.4, -0.2) is 14.8 Å². The van der Waals surface area contributed by atoms with Crippen LogP contribution in [0.5, 0.6) is 0 Å². The minimum absolute atomic E-state index is 0.642. The Bertz CT molecular complexity index is 555. The molecule has 1 aromatic carbocycles. The zero-order chi connectivity index (χ0) is 12.5. The molecule has 0 aliphatic heterocycles. The quantitative estimate of drug-likeness (QED) is 0.837. The predicted octanol–water partition coefficient (Wildman–Crippen LogP) is 2.29. The molecule has 0 spiro atoms. The number of hydrogen-bond donors (Lipinski definition) is 1. The van der Waals surface area contributed by atoms with Crippen molar-refractivity contribution in [2.45, 2.75) is 38.6 Å². The Labute approximate surface area is 107 Å². The maximum Gasteiger partial charge on any atom is 0.133 e. The SMILES string of the molecule is Cc1nnc(CCc2ccccc2N)n1C1CC1. The molecule has 0 unspecified atom stereocenters. The first-order chi connectivity index (χ1) is 8.75. The molecule has 4 heteroatoms. The Morgan fingerprint density at radius 2 is 2.00 bits per heavy atom. The number of aromatic nitrogens is 3. The van der Waals surface area contributed by atoms with E-state index in [0.29, 0.717) is 6.04 Å². The van der Waals surface area contributed by atoms with Crippen molar-refractivity contribution in [3.05, 3.63) is 41.5 Å². The van der Waals surface area contributed by atoms with Gasteiger partial charge in [-0.25, -0.2) is 0 Å². The fourth-order valence-electron chi connectivity index (χ4n) is 2.40. The highest BCUT2D eigenvalue weighted by molar-refractivity contribution is 5.46. The fourth-order valence-corrected chi connectivity index (χ4v) is 2.40. The molecule has 1 aromatic heterocycles. The molecule has 1 heterocycles. The van der Waals surface area contributed by atoms with E-state index in [-0.39, 0.29) is 0 Å². The molecule has 0 saturated heterocycles. The van der Waals surface area contributed by atoms with E-state index < -0.39 is 0 Å². The van der Waals surface area contributed by atoms with Crippen LogP contribution in [0.2, 0.25) is 0 Å². The van der Waals surface area contributed by atoms with Crippen molar-refractivity contribution in [3.63, 3.8) is 0 Å². The summed E-state index contributed by atoms with van der Waals surface area (Å²) in [6.07, 6.45) is 4.36. The van der Waals surface area contributed by atoms with Gasteiger partial charge in [-0.3, -0.25) is 0 Å². The first kappa shape index (κ1) is 11.3. The lowest BCUT2D eigenvalue weighted by molar-refractivity contribution is 0.656. The van der Waals surface area contributed by atoms with Crippen molar-refractivity contribution in [1.82, 2.24) is 14.8 Å². The molecule has 2 aromatic rings. The van der Waals surface area contributed by atoms with Crippen molar-refractivity contribution < 1.29 is 0 Å². The van der Waals surface area contributed by atoms with Gasteiger partial charge in [-0.15, -0.1) is 10.2 Å². The van der Waals surface area contributed by atoms with Crippen molar-refractivity contribution in [2.75, 3.05) is 5.73 Å². The highest BCUT2D eigenvalue weighted by atomic mass is 15.3. The number of hydrogen-bond acceptors (Lipinski definition) is 3. The van der Waals surface area contributed by atoms with E-state index in [4.69, 9.17) is 5.73 Å². The van der Waals surface area contributed by atoms with Crippen LogP contribution in [0.3, 0.4) is 0 Å². The average molecular weight is 242 g/mol. The third-order valence-electron chi connectivity index (χ3n) is 3.52. The van der Waals surface area contributed by atoms with Crippen LogP contribution in [0, 0.1) is 6.92 Å². The maximum atomic E-state index is 5.96. The molecule has 18 heavy (non-hydrogen) atoms. The first-order valence-electron chi connectivity index (χ1n) is 6.49. The van der Waals surface area contributed by atoms with Crippen LogP contribution in [0.15, 0.2) is 24.3 Å². The molecule has 3 rings (SSSR count). The second-order valence-corrected chi connectivity index (χ2v) is 4.96. The summed E-state index contributed by atoms with van der Waals surface area (Å²) >= 11 is 0. The van der Waals surface area contributed by atoms with Gasteiger partial charge in [0.15, 0.2) is 0 Å². The molecule has 1 aliphatic carbocycles. The Morgan fingerprint density at radius 1 is 1.22 bits per heavy atom. The number of nitrogens with zero attached hydrogens (tertiary/aromatic N) is 3. The van der Waals surface area contributed by atoms with E-state index in [9.17, 15) is 0 Å². The minimum Gasteiger partial charge on any atom is -0.399 e. The second kappa shape index (κ2) is 4.44. The van der Waals surface area contributed by atoms with Crippen molar-refractivity contribution in [3.8, 4) is 0 Å². The third-order valence-corrected chi connectivity index (χ3v) is 3.52. The van der Waals surface area contributed by atoms with Gasteiger partial charge in [-0.1, -0.05) is 18.2 Å². The molecule has 0 amide bonds. The predicted molar refractivity (Wildman–Crippen MR) is 71.3 cm³/mol. The number of aryl methyl sites for hydroxylation is 3. The number of benzene rings is 1. The smallest absolute Gasteiger partial charge is 0.133 e. The Hall–Kier alpha value is -1.84. The lowest BCUT2D eigenvalue weighted by Crippen LogP contribution is -2.06. The zero-order valence-electron chi connectivity index (χ0n) is 10.6. The number of nitrogens with two attached hydrogens (primary N) is 1. The van der Waals surface area contributed by atoms with Crippen LogP contribution in [-0.2, 0) is 12.8 Å². The van der Waals surface area contributed by atoms with Crippen LogP contribution >= 0.6 is 0 Å². The normalized spacial score (nSPS) is 14.9. The highest BCUT2D eigenvalue weighted by Crippen LogP contribution is 2.36. The molecular formula is C14H18N4. The summed E-state index contributed by atoms with van der Waals surface area (Å²) < 4.78 is 2.29. The molecule has 0 radical (unpaired) electrons. The molecule has 1 aliphatic rings. The molecule has 1 fully saturated rings. The number of nitrogen functional groups attached to an aromatic ring is 1. The number of anilines is 1. The average Bonchev–Trinajstić information content (AvgIpc) is 3.13. The van der Waals surface area contributed by atoms with E-state index in [1.807, 2.05) is 25.1 Å². The number of rotatable bonds is 4. The van der Waals surface area contributed by atoms with Gasteiger partial charge in [-0.05, 0) is 37.8 Å². The Kier molecular flexibility index (Phi) is 2.78. The summed E-state index contributed by atoms with van der Waals surface area (Å²) in [7, 11) is 0. The van der Waals surface area contributed by atoms with E-state index in [1.165, 1.54) is 18.4 Å². The van der Waals surface area contributed by atoms with E-state index in [1.54, 1.807) is 0 Å². The van der Waals surface area contributed by atoms with Gasteiger partial charge in [-0.2, -0.15) is 0 Å². The van der Waals surface area contributed by atoms with Crippen LogP contribution < -0.4 is 5.73 Å². The second-order valence-electron chi connectivity index (χ2n) is 4.96. The lowest BCUT2D eigenvalue weighted by atomic mass is 10.1. The van der Waals surface area contributed by atoms with Crippen molar-refractivity contribution >= 4 is 5.69 Å². The molecule has 0 bridgehead atoms. The first-order valence-corrected chi connectivity index (χ1v) is 6.49. The van der Waals surface area contributed by atoms with E-state index in [2.05, 4.69) is 20.8 Å². The summed E-state index contributed by atoms with van der Waals surface area (Å²) in [6, 6.07) is 8.67. The van der Waals surface area contributed by atoms with Gasteiger partial charge in [0.2, 0.25) is 0 Å². The highest BCUT2D eigenvalue weighted by Gasteiger charge is 2.27. The van der Waals surface area contributed by atoms with Gasteiger partial charge >= 0.3 is 0 Å². The molecule has 94 valence electrons. The Balaban J connectivity index is 1.76. The summed E-state index contributed by atoms with van der Waals surface area (Å²) in [5.74, 6) is 2.13. The Morgan fingerprint density at radius 3 is 2.72 bits per heavy atom. The third kappa shape index (κ3) is 2.10. The van der Waals surface area contributed by atoms with Gasteiger partial charge in [0, 0.05) is 18.2 Å². The van der Waals surface area contributed by atoms with Crippen LogP contribution in [0.1, 0.15) is 36.1 Å². The van der Waals surface area contributed by atoms with Crippen molar-refractivity contribution in [2.24, 2.45) is 0 Å². The van der Waals surface area contributed by atoms with Crippen LogP contribution in [0.25, 0.3) is 0 Å². The largest absolute Gasteiger partial charge is 0.399 e. The zero-order valence-corrected chi connectivity index (χ0v) is 10.6. The summed E-state index contributed by atoms with van der Waals surface area (Å²) in [6.45, 7) is 2.03. The van der Waals surface area contributed by atoms with Crippen molar-refractivity contribution in [1.29, 1.82) is 0 Å². The summed E-state index contributed by atoms with van der Waals surface area (Å²) in [4.78, 5) is 0. The van der Waals surface area contributed by atoms with Gasteiger partial charge < -0.3 is 10.3 Å². The maximum absolute atomic E-state index is 5.96. The summed E-state index contributed by atoms with van der Waals surface area (Å²) in [5.41, 5.74) is 8.02. The molecule has 4 nitrogen and oxygen atoms in total. The van der Waals surface area contributed by atoms with Gasteiger partial charge in [0.1, 0.15) is 11.6 Å². The van der Waals surface area contributed by atoms with E-state index in [0.717, 1.165) is 30.2 Å². The summed E-state index contributed by atoms with van der Waals surface area (Å²) in [5, 5.41) is 8.49. The number of para-hydroxylation sites is 1. The molecule has 1 saturated carbocycles. The molecule has 2 N–H and O–H groups in total. The standard InChI is InChI=1S/C14H18N4/c1-10-16-17-14(18(10)12-7-8-12)9-6-11-4-2-3-5-13(11)15/h2-5,12H,6-9,15H2,1H3. The molecular weight excluding hydrogens is 224 g/mol. The van der Waals surface area contributed by atoms with Gasteiger partial charge in [0.05, 0.1) is 0 Å². The fraction of sp³-hybridized carbons (Fsp3) is 0.429. The van der Waals surface area contributed by atoms with E-state index >= 15 is 0 Å². The van der Waals surface area contributed by atoms with Crippen LogP contribution in [0.4, 0.5) is 5.69 Å². The topological polar surface area (TPSA) is 56.7 Å². The van der Waals surface area contributed by atoms with Gasteiger partial charge in [0.25, 0.3) is 0 Å². The molecule has 0 atom stereocenters. The monoisotopic (exact) mass is 242 g/mol. The minimum atomic E-state index is 0.642.